The van der Waals surface area contributed by atoms with E-state index < -0.39 is 17.7 Å². The quantitative estimate of drug-likeness (QED) is 0.840. The second-order valence-corrected chi connectivity index (χ2v) is 7.60. The molecule has 1 spiro atoms. The van der Waals surface area contributed by atoms with Gasteiger partial charge in [-0.25, -0.2) is 0 Å². The normalized spacial score (nSPS) is 24.4. The van der Waals surface area contributed by atoms with E-state index in [4.69, 9.17) is 15.2 Å². The van der Waals surface area contributed by atoms with E-state index in [1.807, 2.05) is 30.3 Å². The Kier molecular flexibility index (Phi) is 5.07. The van der Waals surface area contributed by atoms with Gasteiger partial charge in [-0.1, -0.05) is 18.2 Å². The lowest BCUT2D eigenvalue weighted by Gasteiger charge is -2.39. The number of primary amides is 1. The van der Waals surface area contributed by atoms with E-state index in [0.29, 0.717) is 18.9 Å². The number of carbonyl (C=O) groups is 2. The minimum Gasteiger partial charge on any atom is -0.368 e. The van der Waals surface area contributed by atoms with Gasteiger partial charge < -0.3 is 20.1 Å². The van der Waals surface area contributed by atoms with Gasteiger partial charge in [-0.15, -0.1) is 0 Å². The zero-order chi connectivity index (χ0) is 19.7. The Labute approximate surface area is 164 Å². The zero-order valence-corrected chi connectivity index (χ0v) is 16.0. The van der Waals surface area contributed by atoms with E-state index in [2.05, 4.69) is 5.10 Å². The van der Waals surface area contributed by atoms with Gasteiger partial charge in [-0.05, 0) is 25.0 Å². The number of amides is 2. The van der Waals surface area contributed by atoms with Gasteiger partial charge in [0.1, 0.15) is 11.8 Å². The molecule has 8 heteroatoms. The Morgan fingerprint density at radius 3 is 2.43 bits per heavy atom. The molecule has 1 atom stereocenters. The highest BCUT2D eigenvalue weighted by Gasteiger charge is 2.43. The summed E-state index contributed by atoms with van der Waals surface area (Å²) in [5, 5.41) is 6.01. The maximum atomic E-state index is 13.1. The lowest BCUT2D eigenvalue weighted by Crippen LogP contribution is -2.47. The third-order valence-corrected chi connectivity index (χ3v) is 5.90. The Balaban J connectivity index is 1.45. The number of rotatable bonds is 4. The summed E-state index contributed by atoms with van der Waals surface area (Å²) in [5.41, 5.74) is 6.67. The van der Waals surface area contributed by atoms with Gasteiger partial charge in [0, 0.05) is 32.4 Å². The standard InChI is InChI=1S/C20H26N4O4/c1-23(14-7-9-20(10-8-14)27-11-12-28-20)19(26)16-13-17(18(21)25)24(22-16)15-5-3-2-4-6-15/h2-6,14,17H,7-13H2,1H3,(H2,21,25). The van der Waals surface area contributed by atoms with Crippen molar-refractivity contribution in [3.05, 3.63) is 30.3 Å². The van der Waals surface area contributed by atoms with Crippen LogP contribution in [0.1, 0.15) is 32.1 Å². The van der Waals surface area contributed by atoms with Gasteiger partial charge in [0.15, 0.2) is 5.79 Å². The SMILES string of the molecule is CN(C(=O)C1=NN(c2ccccc2)C(C(N)=O)C1)C1CCC2(CC1)OCCO2. The van der Waals surface area contributed by atoms with Crippen LogP contribution in [-0.4, -0.2) is 60.6 Å². The molecule has 8 nitrogen and oxygen atoms in total. The molecular weight excluding hydrogens is 360 g/mol. The third kappa shape index (κ3) is 3.49. The third-order valence-electron chi connectivity index (χ3n) is 5.90. The van der Waals surface area contributed by atoms with E-state index in [1.54, 1.807) is 17.0 Å². The maximum Gasteiger partial charge on any atom is 0.270 e. The molecule has 2 N–H and O–H groups in total. The molecule has 2 aliphatic heterocycles. The fourth-order valence-electron chi connectivity index (χ4n) is 4.26. The number of hydrogen-bond donors (Lipinski definition) is 1. The van der Waals surface area contributed by atoms with Crippen LogP contribution in [0.3, 0.4) is 0 Å². The summed E-state index contributed by atoms with van der Waals surface area (Å²) >= 11 is 0. The van der Waals surface area contributed by atoms with E-state index in [-0.39, 0.29) is 18.4 Å². The molecular formula is C20H26N4O4. The van der Waals surface area contributed by atoms with Crippen molar-refractivity contribution in [2.75, 3.05) is 25.3 Å². The van der Waals surface area contributed by atoms with Gasteiger partial charge in [0.05, 0.1) is 18.9 Å². The summed E-state index contributed by atoms with van der Waals surface area (Å²) in [7, 11) is 1.80. The van der Waals surface area contributed by atoms with Crippen LogP contribution >= 0.6 is 0 Å². The summed E-state index contributed by atoms with van der Waals surface area (Å²) in [6.45, 7) is 1.28. The fourth-order valence-corrected chi connectivity index (χ4v) is 4.26. The lowest BCUT2D eigenvalue weighted by molar-refractivity contribution is -0.184. The summed E-state index contributed by atoms with van der Waals surface area (Å²) < 4.78 is 11.5. The summed E-state index contributed by atoms with van der Waals surface area (Å²) in [6, 6.07) is 8.75. The summed E-state index contributed by atoms with van der Waals surface area (Å²) in [5.74, 6) is -1.10. The highest BCUT2D eigenvalue weighted by atomic mass is 16.7. The molecule has 2 fully saturated rings. The van der Waals surface area contributed by atoms with Crippen molar-refractivity contribution >= 4 is 23.2 Å². The highest BCUT2D eigenvalue weighted by molar-refractivity contribution is 6.40. The topological polar surface area (TPSA) is 97.5 Å². The van der Waals surface area contributed by atoms with Crippen LogP contribution in [0.25, 0.3) is 0 Å². The molecule has 0 bridgehead atoms. The second-order valence-electron chi connectivity index (χ2n) is 7.60. The Hall–Kier alpha value is -2.45. The van der Waals surface area contributed by atoms with Crippen molar-refractivity contribution in [3.63, 3.8) is 0 Å². The molecule has 2 heterocycles. The number of carbonyl (C=O) groups excluding carboxylic acids is 2. The van der Waals surface area contributed by atoms with Gasteiger partial charge in [-0.2, -0.15) is 5.10 Å². The monoisotopic (exact) mass is 386 g/mol. The van der Waals surface area contributed by atoms with E-state index >= 15 is 0 Å². The molecule has 28 heavy (non-hydrogen) atoms. The van der Waals surface area contributed by atoms with Crippen LogP contribution in [-0.2, 0) is 19.1 Å². The molecule has 1 unspecified atom stereocenters. The summed E-state index contributed by atoms with van der Waals surface area (Å²) in [4.78, 5) is 26.7. The molecule has 1 aromatic rings. The van der Waals surface area contributed by atoms with E-state index in [0.717, 1.165) is 31.4 Å². The molecule has 3 aliphatic rings. The average Bonchev–Trinajstić information content (AvgIpc) is 3.36. The number of ether oxygens (including phenoxy) is 2. The first-order valence-corrected chi connectivity index (χ1v) is 9.75. The minimum atomic E-state index is -0.648. The molecule has 150 valence electrons. The molecule has 1 aliphatic carbocycles. The molecule has 2 amide bonds. The highest BCUT2D eigenvalue weighted by Crippen LogP contribution is 2.37. The first-order valence-electron chi connectivity index (χ1n) is 9.75. The van der Waals surface area contributed by atoms with Crippen LogP contribution in [0, 0.1) is 0 Å². The van der Waals surface area contributed by atoms with Crippen molar-refractivity contribution in [1.29, 1.82) is 0 Å². The first kappa shape index (κ1) is 18.9. The first-order chi connectivity index (χ1) is 13.5. The van der Waals surface area contributed by atoms with E-state index in [9.17, 15) is 9.59 Å². The average molecular weight is 386 g/mol. The Morgan fingerprint density at radius 1 is 1.18 bits per heavy atom. The zero-order valence-electron chi connectivity index (χ0n) is 16.0. The second kappa shape index (κ2) is 7.52. The van der Waals surface area contributed by atoms with Gasteiger partial charge in [0.2, 0.25) is 5.91 Å². The molecule has 1 aromatic carbocycles. The number of nitrogens with zero attached hydrogens (tertiary/aromatic N) is 3. The van der Waals surface area contributed by atoms with Crippen molar-refractivity contribution in [3.8, 4) is 0 Å². The number of hydrazone groups is 1. The molecule has 1 saturated carbocycles. The Morgan fingerprint density at radius 2 is 1.82 bits per heavy atom. The van der Waals surface area contributed by atoms with Crippen molar-refractivity contribution in [1.82, 2.24) is 4.90 Å². The van der Waals surface area contributed by atoms with Crippen LogP contribution in [0.15, 0.2) is 35.4 Å². The molecule has 0 aromatic heterocycles. The number of nitrogens with two attached hydrogens (primary N) is 1. The smallest absolute Gasteiger partial charge is 0.270 e. The van der Waals surface area contributed by atoms with Crippen molar-refractivity contribution < 1.29 is 19.1 Å². The van der Waals surface area contributed by atoms with E-state index in [1.165, 1.54) is 0 Å². The van der Waals surface area contributed by atoms with Crippen LogP contribution in [0.5, 0.6) is 0 Å². The molecule has 0 radical (unpaired) electrons. The number of hydrogen-bond acceptors (Lipinski definition) is 6. The number of para-hydroxylation sites is 1. The maximum absolute atomic E-state index is 13.1. The van der Waals surface area contributed by atoms with Gasteiger partial charge >= 0.3 is 0 Å². The molecule has 1 saturated heterocycles. The van der Waals surface area contributed by atoms with Crippen LogP contribution in [0.2, 0.25) is 0 Å². The number of benzene rings is 1. The molecule has 4 rings (SSSR count). The minimum absolute atomic E-state index is 0.103. The van der Waals surface area contributed by atoms with Gasteiger partial charge in [0.25, 0.3) is 5.91 Å². The summed E-state index contributed by atoms with van der Waals surface area (Å²) in [6.07, 6.45) is 3.41. The van der Waals surface area contributed by atoms with Crippen LogP contribution in [0.4, 0.5) is 5.69 Å². The van der Waals surface area contributed by atoms with Crippen molar-refractivity contribution in [2.45, 2.75) is 50.0 Å². The van der Waals surface area contributed by atoms with Crippen LogP contribution < -0.4 is 10.7 Å². The van der Waals surface area contributed by atoms with Crippen molar-refractivity contribution in [2.24, 2.45) is 10.8 Å². The Bertz CT molecular complexity index is 766. The predicted molar refractivity (Wildman–Crippen MR) is 104 cm³/mol. The predicted octanol–water partition coefficient (Wildman–Crippen LogP) is 1.25. The number of anilines is 1. The lowest BCUT2D eigenvalue weighted by atomic mass is 9.89. The van der Waals surface area contributed by atoms with Gasteiger partial charge in [-0.3, -0.25) is 14.6 Å². The largest absolute Gasteiger partial charge is 0.368 e. The fraction of sp³-hybridized carbons (Fsp3) is 0.550.